The summed E-state index contributed by atoms with van der Waals surface area (Å²) < 4.78 is 5.24. The number of ketones is 2. The number of rotatable bonds is 2. The fourth-order valence-corrected chi connectivity index (χ4v) is 3.32. The Labute approximate surface area is 138 Å². The van der Waals surface area contributed by atoms with Crippen LogP contribution in [0.5, 0.6) is 5.75 Å². The van der Waals surface area contributed by atoms with Gasteiger partial charge in [-0.1, -0.05) is 30.3 Å². The average Bonchev–Trinajstić information content (AvgIpc) is 2.65. The molecule has 2 unspecified atom stereocenters. The van der Waals surface area contributed by atoms with E-state index >= 15 is 0 Å². The number of Topliss-reactive ketones (excluding diaryl/α,β-unsaturated/α-hetero) is 2. The molecule has 118 valence electrons. The molecule has 0 bridgehead atoms. The van der Waals surface area contributed by atoms with Gasteiger partial charge in [-0.3, -0.25) is 19.6 Å². The van der Waals surface area contributed by atoms with Gasteiger partial charge in [0.25, 0.3) is 0 Å². The number of allylic oxidation sites excluding steroid dienone is 1. The third kappa shape index (κ3) is 2.01. The number of nitrogens with zero attached hydrogens (tertiary/aromatic N) is 2. The van der Waals surface area contributed by atoms with Crippen molar-refractivity contribution >= 4 is 23.4 Å². The largest absolute Gasteiger partial charge is 0.496 e. The summed E-state index contributed by atoms with van der Waals surface area (Å²) in [5, 5.41) is 0. The molecule has 1 aliphatic carbocycles. The number of ether oxygens (including phenoxy) is 1. The Bertz CT molecular complexity index is 900. The van der Waals surface area contributed by atoms with Gasteiger partial charge in [0, 0.05) is 12.4 Å². The Balaban J connectivity index is 1.89. The lowest BCUT2D eigenvalue weighted by Crippen LogP contribution is -2.42. The standard InChI is InChI=1S/C19H14N2O3/c1-24-13-8-10-21-17-15(13)19(23)16-14(18(17)22)12(7-9-20-16)11-5-3-2-4-6-11/h2-10,14,16H,1H3. The fourth-order valence-electron chi connectivity index (χ4n) is 3.32. The van der Waals surface area contributed by atoms with E-state index in [1.807, 2.05) is 30.3 Å². The van der Waals surface area contributed by atoms with Gasteiger partial charge in [0.05, 0.1) is 18.6 Å². The second-order valence-electron chi connectivity index (χ2n) is 5.67. The molecule has 0 radical (unpaired) electrons. The summed E-state index contributed by atoms with van der Waals surface area (Å²) in [7, 11) is 1.47. The predicted molar refractivity (Wildman–Crippen MR) is 89.6 cm³/mol. The summed E-state index contributed by atoms with van der Waals surface area (Å²) in [6, 6.07) is 10.4. The average molecular weight is 318 g/mol. The van der Waals surface area contributed by atoms with Crippen molar-refractivity contribution in [3.05, 3.63) is 65.5 Å². The van der Waals surface area contributed by atoms with Crippen molar-refractivity contribution in [1.82, 2.24) is 4.98 Å². The molecule has 2 atom stereocenters. The van der Waals surface area contributed by atoms with Crippen LogP contribution in [0.15, 0.2) is 53.7 Å². The smallest absolute Gasteiger partial charge is 0.194 e. The van der Waals surface area contributed by atoms with Crippen LogP contribution in [-0.2, 0) is 0 Å². The van der Waals surface area contributed by atoms with Gasteiger partial charge in [0.2, 0.25) is 0 Å². The molecule has 0 saturated carbocycles. The number of benzene rings is 1. The van der Waals surface area contributed by atoms with E-state index < -0.39 is 12.0 Å². The topological polar surface area (TPSA) is 68.6 Å². The molecule has 1 aromatic carbocycles. The number of carbonyl (C=O) groups is 2. The number of hydrogen-bond donors (Lipinski definition) is 0. The molecule has 2 aliphatic rings. The number of pyridine rings is 1. The van der Waals surface area contributed by atoms with Crippen LogP contribution in [0.25, 0.3) is 5.57 Å². The predicted octanol–water partition coefficient (Wildman–Crippen LogP) is 2.62. The Morgan fingerprint density at radius 1 is 1.04 bits per heavy atom. The van der Waals surface area contributed by atoms with Gasteiger partial charge in [-0.2, -0.15) is 0 Å². The molecule has 1 aromatic heterocycles. The van der Waals surface area contributed by atoms with Gasteiger partial charge in [-0.25, -0.2) is 0 Å². The van der Waals surface area contributed by atoms with Crippen LogP contribution in [0, 0.1) is 5.92 Å². The summed E-state index contributed by atoms with van der Waals surface area (Å²) in [4.78, 5) is 34.4. The van der Waals surface area contributed by atoms with E-state index in [4.69, 9.17) is 4.74 Å². The van der Waals surface area contributed by atoms with Crippen molar-refractivity contribution in [2.24, 2.45) is 10.9 Å². The monoisotopic (exact) mass is 318 g/mol. The number of methoxy groups -OCH3 is 1. The summed E-state index contributed by atoms with van der Waals surface area (Å²) in [6.07, 6.45) is 4.89. The maximum absolute atomic E-state index is 13.1. The van der Waals surface area contributed by atoms with Gasteiger partial charge in [-0.15, -0.1) is 0 Å². The molecule has 0 saturated heterocycles. The van der Waals surface area contributed by atoms with E-state index in [0.717, 1.165) is 11.1 Å². The lowest BCUT2D eigenvalue weighted by atomic mass is 9.73. The minimum Gasteiger partial charge on any atom is -0.496 e. The molecule has 5 nitrogen and oxygen atoms in total. The highest BCUT2D eigenvalue weighted by Gasteiger charge is 2.46. The number of aromatic nitrogens is 1. The van der Waals surface area contributed by atoms with Crippen molar-refractivity contribution in [3.63, 3.8) is 0 Å². The molecule has 2 heterocycles. The van der Waals surface area contributed by atoms with E-state index in [-0.39, 0.29) is 22.8 Å². The molecular weight excluding hydrogens is 304 g/mol. The highest BCUT2D eigenvalue weighted by atomic mass is 16.5. The van der Waals surface area contributed by atoms with Crippen LogP contribution in [0.2, 0.25) is 0 Å². The number of fused-ring (bicyclic) bond motifs is 2. The quantitative estimate of drug-likeness (QED) is 0.853. The van der Waals surface area contributed by atoms with Crippen LogP contribution in [0.1, 0.15) is 26.4 Å². The molecule has 1 aliphatic heterocycles. The highest BCUT2D eigenvalue weighted by Crippen LogP contribution is 2.39. The van der Waals surface area contributed by atoms with E-state index in [1.165, 1.54) is 13.3 Å². The first-order chi connectivity index (χ1) is 11.7. The van der Waals surface area contributed by atoms with Crippen LogP contribution in [0.4, 0.5) is 0 Å². The lowest BCUT2D eigenvalue weighted by Gasteiger charge is -2.31. The zero-order valence-corrected chi connectivity index (χ0v) is 13.0. The molecule has 0 fully saturated rings. The van der Waals surface area contributed by atoms with E-state index in [1.54, 1.807) is 18.4 Å². The molecule has 5 heteroatoms. The molecule has 4 rings (SSSR count). The molecule has 0 spiro atoms. The van der Waals surface area contributed by atoms with Gasteiger partial charge < -0.3 is 4.74 Å². The maximum atomic E-state index is 13.1. The number of hydrogen-bond acceptors (Lipinski definition) is 5. The van der Waals surface area contributed by atoms with Crippen molar-refractivity contribution in [2.75, 3.05) is 7.11 Å². The normalized spacial score (nSPS) is 21.8. The first-order valence-electron chi connectivity index (χ1n) is 7.62. The first-order valence-corrected chi connectivity index (χ1v) is 7.62. The van der Waals surface area contributed by atoms with Crippen LogP contribution < -0.4 is 4.74 Å². The Morgan fingerprint density at radius 3 is 2.58 bits per heavy atom. The molecule has 0 N–H and O–H groups in total. The van der Waals surface area contributed by atoms with Crippen molar-refractivity contribution in [3.8, 4) is 5.75 Å². The van der Waals surface area contributed by atoms with Gasteiger partial charge >= 0.3 is 0 Å². The maximum Gasteiger partial charge on any atom is 0.194 e. The number of carbonyl (C=O) groups excluding carboxylic acids is 2. The van der Waals surface area contributed by atoms with Crippen LogP contribution in [-0.4, -0.2) is 35.9 Å². The minimum absolute atomic E-state index is 0.166. The SMILES string of the molecule is COc1ccnc2c1C(=O)C1N=CC=C(c3ccccc3)C1C2=O. The third-order valence-corrected chi connectivity index (χ3v) is 4.42. The molecule has 24 heavy (non-hydrogen) atoms. The molecule has 2 aromatic rings. The number of aliphatic imine (C=N–C) groups is 1. The summed E-state index contributed by atoms with van der Waals surface area (Å²) in [5.74, 6) is -0.697. The lowest BCUT2D eigenvalue weighted by molar-refractivity contribution is 0.0823. The molecule has 0 amide bonds. The second kappa shape index (κ2) is 5.53. The Kier molecular flexibility index (Phi) is 3.34. The fraction of sp³-hybridized carbons (Fsp3) is 0.158. The summed E-state index contributed by atoms with van der Waals surface area (Å²) in [6.45, 7) is 0. The van der Waals surface area contributed by atoms with Gasteiger partial charge in [0.1, 0.15) is 17.5 Å². The van der Waals surface area contributed by atoms with E-state index in [0.29, 0.717) is 5.75 Å². The summed E-state index contributed by atoms with van der Waals surface area (Å²) >= 11 is 0. The van der Waals surface area contributed by atoms with Crippen molar-refractivity contribution < 1.29 is 14.3 Å². The van der Waals surface area contributed by atoms with Gasteiger partial charge in [-0.05, 0) is 23.3 Å². The van der Waals surface area contributed by atoms with Crippen molar-refractivity contribution in [1.29, 1.82) is 0 Å². The number of dihydropyridines is 1. The van der Waals surface area contributed by atoms with E-state index in [2.05, 4.69) is 9.98 Å². The van der Waals surface area contributed by atoms with E-state index in [9.17, 15) is 9.59 Å². The summed E-state index contributed by atoms with van der Waals surface area (Å²) in [5.41, 5.74) is 2.10. The zero-order chi connectivity index (χ0) is 16.7. The van der Waals surface area contributed by atoms with Gasteiger partial charge in [0.15, 0.2) is 11.6 Å². The van der Waals surface area contributed by atoms with Crippen LogP contribution >= 0.6 is 0 Å². The van der Waals surface area contributed by atoms with Crippen LogP contribution in [0.3, 0.4) is 0 Å². The van der Waals surface area contributed by atoms with Crippen molar-refractivity contribution in [2.45, 2.75) is 6.04 Å². The second-order valence-corrected chi connectivity index (χ2v) is 5.67. The Hall–Kier alpha value is -3.08. The third-order valence-electron chi connectivity index (χ3n) is 4.42. The molecular formula is C19H14N2O3. The minimum atomic E-state index is -0.761. The zero-order valence-electron chi connectivity index (χ0n) is 13.0. The highest BCUT2D eigenvalue weighted by molar-refractivity contribution is 6.22. The first kappa shape index (κ1) is 14.5. The Morgan fingerprint density at radius 2 is 1.83 bits per heavy atom.